The summed E-state index contributed by atoms with van der Waals surface area (Å²) in [7, 11) is 4.80. The summed E-state index contributed by atoms with van der Waals surface area (Å²) in [5, 5.41) is 5.59. The van der Waals surface area contributed by atoms with Crippen molar-refractivity contribution in [1.29, 1.82) is 0 Å². The van der Waals surface area contributed by atoms with Crippen LogP contribution in [0.4, 0.5) is 0 Å². The summed E-state index contributed by atoms with van der Waals surface area (Å²) in [6, 6.07) is 13.9. The van der Waals surface area contributed by atoms with Gasteiger partial charge in [-0.25, -0.2) is 9.50 Å². The van der Waals surface area contributed by atoms with E-state index in [4.69, 9.17) is 24.3 Å². The second-order valence-electron chi connectivity index (χ2n) is 5.93. The number of ether oxygens (including phenoxy) is 3. The van der Waals surface area contributed by atoms with Crippen molar-refractivity contribution in [1.82, 2.24) is 14.6 Å². The molecule has 0 radical (unpaired) electrons. The van der Waals surface area contributed by atoms with Crippen molar-refractivity contribution < 1.29 is 14.2 Å². The summed E-state index contributed by atoms with van der Waals surface area (Å²) in [6.07, 6.45) is 0. The molecule has 2 aromatic heterocycles. The molecule has 0 aliphatic carbocycles. The van der Waals surface area contributed by atoms with E-state index in [0.717, 1.165) is 32.5 Å². The lowest BCUT2D eigenvalue weighted by molar-refractivity contribution is 0.324. The van der Waals surface area contributed by atoms with Crippen LogP contribution < -0.4 is 14.2 Å². The fourth-order valence-corrected chi connectivity index (χ4v) is 3.97. The van der Waals surface area contributed by atoms with E-state index in [0.29, 0.717) is 17.2 Å². The Morgan fingerprint density at radius 2 is 1.56 bits per heavy atom. The lowest BCUT2D eigenvalue weighted by atomic mass is 10.1. The first-order valence-corrected chi connectivity index (χ1v) is 9.20. The minimum absolute atomic E-state index is 0.563. The normalized spacial score (nSPS) is 11.0. The number of methoxy groups -OCH3 is 3. The Kier molecular flexibility index (Phi) is 4.45. The highest BCUT2D eigenvalue weighted by Gasteiger charge is 2.19. The smallest absolute Gasteiger partial charge is 0.213 e. The predicted molar refractivity (Wildman–Crippen MR) is 106 cm³/mol. The zero-order valence-electron chi connectivity index (χ0n) is 15.5. The van der Waals surface area contributed by atoms with Gasteiger partial charge in [0.2, 0.25) is 10.7 Å². The number of hydrogen-bond donors (Lipinski definition) is 0. The molecule has 138 valence electrons. The van der Waals surface area contributed by atoms with E-state index in [9.17, 15) is 0 Å². The predicted octanol–water partition coefficient (Wildman–Crippen LogP) is 4.46. The topological polar surface area (TPSA) is 57.9 Å². The molecule has 6 nitrogen and oxygen atoms in total. The number of imidazole rings is 1. The van der Waals surface area contributed by atoms with Gasteiger partial charge in [0.15, 0.2) is 11.5 Å². The van der Waals surface area contributed by atoms with E-state index in [1.165, 1.54) is 11.3 Å². The molecule has 2 aromatic carbocycles. The molecule has 0 amide bonds. The van der Waals surface area contributed by atoms with Crippen molar-refractivity contribution in [2.24, 2.45) is 0 Å². The second kappa shape index (κ2) is 6.92. The van der Waals surface area contributed by atoms with Gasteiger partial charge < -0.3 is 14.2 Å². The molecule has 0 saturated carbocycles. The molecule has 4 aromatic rings. The van der Waals surface area contributed by atoms with E-state index in [1.54, 1.807) is 21.3 Å². The molecule has 0 atom stereocenters. The average molecular weight is 381 g/mol. The molecule has 0 fully saturated rings. The van der Waals surface area contributed by atoms with Crippen LogP contribution in [0.5, 0.6) is 17.2 Å². The minimum atomic E-state index is 0.563. The molecule has 0 bridgehead atoms. The first kappa shape index (κ1) is 17.4. The van der Waals surface area contributed by atoms with Crippen LogP contribution in [-0.2, 0) is 0 Å². The number of nitrogens with zero attached hydrogens (tertiary/aromatic N) is 3. The van der Waals surface area contributed by atoms with Crippen LogP contribution >= 0.6 is 11.3 Å². The van der Waals surface area contributed by atoms with Gasteiger partial charge in [0.25, 0.3) is 0 Å². The fourth-order valence-electron chi connectivity index (χ4n) is 3.04. The van der Waals surface area contributed by atoms with Crippen LogP contribution in [0, 0.1) is 6.92 Å². The summed E-state index contributed by atoms with van der Waals surface area (Å²) < 4.78 is 18.2. The number of rotatable bonds is 5. The maximum Gasteiger partial charge on any atom is 0.213 e. The molecule has 0 unspecified atom stereocenters. The zero-order valence-corrected chi connectivity index (χ0v) is 16.3. The Hall–Kier alpha value is -3.06. The van der Waals surface area contributed by atoms with Gasteiger partial charge in [0.05, 0.1) is 32.7 Å². The standard InChI is InChI=1S/C20H19N3O3S/c1-12-17(13-8-6-5-7-9-13)21-20-23(12)22-19(27-20)14-10-15(24-2)18(26-4)16(11-14)25-3/h5-11H,1-4H3. The summed E-state index contributed by atoms with van der Waals surface area (Å²) in [6.45, 7) is 2.03. The quantitative estimate of drug-likeness (QED) is 0.511. The molecule has 0 aliphatic rings. The highest BCUT2D eigenvalue weighted by atomic mass is 32.1. The lowest BCUT2D eigenvalue weighted by Gasteiger charge is -2.13. The third-order valence-electron chi connectivity index (χ3n) is 4.39. The lowest BCUT2D eigenvalue weighted by Crippen LogP contribution is -1.96. The monoisotopic (exact) mass is 381 g/mol. The molecular weight excluding hydrogens is 362 g/mol. The Labute approximate surface area is 161 Å². The van der Waals surface area contributed by atoms with Crippen LogP contribution in [0.1, 0.15) is 5.69 Å². The van der Waals surface area contributed by atoms with E-state index in [2.05, 4.69) is 12.1 Å². The van der Waals surface area contributed by atoms with E-state index in [1.807, 2.05) is 41.8 Å². The van der Waals surface area contributed by atoms with Gasteiger partial charge in [-0.05, 0) is 19.1 Å². The van der Waals surface area contributed by atoms with Crippen LogP contribution in [0.15, 0.2) is 42.5 Å². The Balaban J connectivity index is 1.82. The number of aryl methyl sites for hydroxylation is 1. The van der Waals surface area contributed by atoms with Crippen molar-refractivity contribution in [3.8, 4) is 39.1 Å². The van der Waals surface area contributed by atoms with Crippen LogP contribution in [0.2, 0.25) is 0 Å². The molecule has 0 aliphatic heterocycles. The SMILES string of the molecule is COc1cc(-c2nn3c(C)c(-c4ccccc4)nc3s2)cc(OC)c1OC. The average Bonchev–Trinajstić information content (AvgIpc) is 3.27. The summed E-state index contributed by atoms with van der Waals surface area (Å²) in [5.41, 5.74) is 3.93. The first-order chi connectivity index (χ1) is 13.2. The molecule has 0 N–H and O–H groups in total. The molecule has 4 rings (SSSR count). The third kappa shape index (κ3) is 2.90. The Bertz CT molecular complexity index is 1080. The molecule has 0 saturated heterocycles. The number of benzene rings is 2. The van der Waals surface area contributed by atoms with E-state index in [-0.39, 0.29) is 0 Å². The van der Waals surface area contributed by atoms with Gasteiger partial charge >= 0.3 is 0 Å². The van der Waals surface area contributed by atoms with Gasteiger partial charge in [-0.2, -0.15) is 5.10 Å². The van der Waals surface area contributed by atoms with Gasteiger partial charge in [-0.15, -0.1) is 0 Å². The minimum Gasteiger partial charge on any atom is -0.493 e. The van der Waals surface area contributed by atoms with Crippen LogP contribution in [0.3, 0.4) is 0 Å². The highest BCUT2D eigenvalue weighted by Crippen LogP contribution is 2.42. The molecule has 27 heavy (non-hydrogen) atoms. The van der Waals surface area contributed by atoms with E-state index < -0.39 is 0 Å². The van der Waals surface area contributed by atoms with Gasteiger partial charge in [0, 0.05) is 11.1 Å². The van der Waals surface area contributed by atoms with Crippen molar-refractivity contribution in [2.45, 2.75) is 6.92 Å². The van der Waals surface area contributed by atoms with Gasteiger partial charge in [-0.1, -0.05) is 41.7 Å². The fraction of sp³-hybridized carbons (Fsp3) is 0.200. The number of aromatic nitrogens is 3. The van der Waals surface area contributed by atoms with Gasteiger partial charge in [-0.3, -0.25) is 0 Å². The Morgan fingerprint density at radius 1 is 0.889 bits per heavy atom. The third-order valence-corrected chi connectivity index (χ3v) is 5.34. The maximum absolute atomic E-state index is 5.45. The second-order valence-corrected chi connectivity index (χ2v) is 6.88. The summed E-state index contributed by atoms with van der Waals surface area (Å²) >= 11 is 1.52. The van der Waals surface area contributed by atoms with Gasteiger partial charge in [0.1, 0.15) is 5.01 Å². The Morgan fingerprint density at radius 3 is 2.11 bits per heavy atom. The largest absolute Gasteiger partial charge is 0.493 e. The van der Waals surface area contributed by atoms with Crippen molar-refractivity contribution in [3.63, 3.8) is 0 Å². The zero-order chi connectivity index (χ0) is 19.0. The van der Waals surface area contributed by atoms with Crippen molar-refractivity contribution in [3.05, 3.63) is 48.2 Å². The van der Waals surface area contributed by atoms with Crippen LogP contribution in [-0.4, -0.2) is 35.9 Å². The van der Waals surface area contributed by atoms with Crippen molar-refractivity contribution in [2.75, 3.05) is 21.3 Å². The molecule has 7 heteroatoms. The van der Waals surface area contributed by atoms with E-state index >= 15 is 0 Å². The summed E-state index contributed by atoms with van der Waals surface area (Å²) in [4.78, 5) is 5.62. The summed E-state index contributed by atoms with van der Waals surface area (Å²) in [5.74, 6) is 1.76. The molecule has 2 heterocycles. The molecule has 0 spiro atoms. The maximum atomic E-state index is 5.45. The highest BCUT2D eigenvalue weighted by molar-refractivity contribution is 7.19. The first-order valence-electron chi connectivity index (χ1n) is 8.38. The van der Waals surface area contributed by atoms with Crippen molar-refractivity contribution >= 4 is 16.3 Å². The number of hydrogen-bond acceptors (Lipinski definition) is 6. The molecular formula is C20H19N3O3S. The number of fused-ring (bicyclic) bond motifs is 1. The van der Waals surface area contributed by atoms with Crippen LogP contribution in [0.25, 0.3) is 26.8 Å².